The highest BCUT2D eigenvalue weighted by molar-refractivity contribution is 7.16. The van der Waals surface area contributed by atoms with Gasteiger partial charge in [0.25, 0.3) is 0 Å². The smallest absolute Gasteiger partial charge is 0.227 e. The van der Waals surface area contributed by atoms with Crippen molar-refractivity contribution in [2.75, 3.05) is 0 Å². The Kier molecular flexibility index (Phi) is 6.73. The number of fused-ring (bicyclic) bond motifs is 6. The number of hydrogen-bond donors (Lipinski definition) is 0. The van der Waals surface area contributed by atoms with Gasteiger partial charge in [0.15, 0.2) is 23.1 Å². The Morgan fingerprint density at radius 2 is 1.32 bits per heavy atom. The molecule has 0 radical (unpaired) electrons. The zero-order valence-electron chi connectivity index (χ0n) is 29.7. The number of para-hydroxylation sites is 1. The number of thiazole rings is 1. The quantitative estimate of drug-likeness (QED) is 0.169. The van der Waals surface area contributed by atoms with Crippen LogP contribution < -0.4 is 0 Å². The van der Waals surface area contributed by atoms with Crippen LogP contribution in [0.2, 0.25) is 0 Å². The van der Waals surface area contributed by atoms with Crippen LogP contribution in [0.15, 0.2) is 173 Å². The molecule has 0 saturated heterocycles. The fraction of sp³-hybridized carbons (Fsp3) is 0.0208. The minimum Gasteiger partial charge on any atom is -0.436 e. The number of aromatic nitrogens is 6. The summed E-state index contributed by atoms with van der Waals surface area (Å²) in [5.41, 5.74) is 15.0. The molecule has 0 unspecified atom stereocenters. The van der Waals surface area contributed by atoms with Crippen molar-refractivity contribution in [3.05, 3.63) is 175 Å². The Morgan fingerprint density at radius 3 is 2.25 bits per heavy atom. The predicted octanol–water partition coefficient (Wildman–Crippen LogP) is 11.9. The number of oxazole rings is 1. The van der Waals surface area contributed by atoms with E-state index in [-0.39, 0.29) is 0 Å². The van der Waals surface area contributed by atoms with Crippen LogP contribution in [-0.4, -0.2) is 29.5 Å². The monoisotopic (exact) mass is 736 g/mol. The van der Waals surface area contributed by atoms with Gasteiger partial charge >= 0.3 is 0 Å². The Hall–Kier alpha value is -7.29. The molecule has 0 saturated carbocycles. The highest BCUT2D eigenvalue weighted by atomic mass is 32.1. The Labute approximate surface area is 324 Å². The summed E-state index contributed by atoms with van der Waals surface area (Å²) in [6.45, 7) is 0. The molecule has 56 heavy (non-hydrogen) atoms. The van der Waals surface area contributed by atoms with Gasteiger partial charge in [0.2, 0.25) is 5.89 Å². The summed E-state index contributed by atoms with van der Waals surface area (Å²) in [4.78, 5) is 24.3. The molecule has 0 fully saturated rings. The molecule has 1 atom stereocenters. The van der Waals surface area contributed by atoms with E-state index in [2.05, 4.69) is 113 Å². The van der Waals surface area contributed by atoms with Crippen LogP contribution in [0.5, 0.6) is 0 Å². The lowest BCUT2D eigenvalue weighted by Crippen LogP contribution is -2.03. The van der Waals surface area contributed by atoms with Crippen LogP contribution >= 0.6 is 11.3 Å². The van der Waals surface area contributed by atoms with E-state index < -0.39 is 0 Å². The van der Waals surface area contributed by atoms with Crippen molar-refractivity contribution in [3.8, 4) is 51.0 Å². The third-order valence-electron chi connectivity index (χ3n) is 10.7. The molecule has 6 aromatic carbocycles. The number of benzene rings is 6. The average Bonchev–Trinajstić information content (AvgIpc) is 3.52. The van der Waals surface area contributed by atoms with Gasteiger partial charge in [-0.1, -0.05) is 91.0 Å². The van der Waals surface area contributed by atoms with Crippen LogP contribution in [0, 0.1) is 5.92 Å². The zero-order valence-corrected chi connectivity index (χ0v) is 30.5. The van der Waals surface area contributed by atoms with E-state index in [4.69, 9.17) is 24.4 Å². The minimum atomic E-state index is 0.373. The summed E-state index contributed by atoms with van der Waals surface area (Å²) in [6.07, 6.45) is 8.68. The normalized spacial score (nSPS) is 14.8. The minimum absolute atomic E-state index is 0.373. The first-order valence-corrected chi connectivity index (χ1v) is 19.4. The molecule has 8 heteroatoms. The Balaban J connectivity index is 0.911. The summed E-state index contributed by atoms with van der Waals surface area (Å²) in [6, 6.07) is 46.2. The maximum Gasteiger partial charge on any atom is 0.227 e. The maximum absolute atomic E-state index is 6.47. The molecule has 0 aliphatic heterocycles. The van der Waals surface area contributed by atoms with E-state index in [9.17, 15) is 0 Å². The van der Waals surface area contributed by atoms with Gasteiger partial charge in [-0.05, 0) is 83.4 Å². The third-order valence-corrected chi connectivity index (χ3v) is 11.5. The first-order chi connectivity index (χ1) is 27.7. The molecule has 2 aliphatic carbocycles. The summed E-state index contributed by atoms with van der Waals surface area (Å²) < 4.78 is 9.99. The van der Waals surface area contributed by atoms with Gasteiger partial charge < -0.3 is 8.98 Å². The van der Waals surface area contributed by atoms with Gasteiger partial charge in [0.1, 0.15) is 5.52 Å². The zero-order chi connectivity index (χ0) is 36.7. The molecular formula is C48H28N6OS. The molecule has 0 N–H and O–H groups in total. The highest BCUT2D eigenvalue weighted by Gasteiger charge is 2.25. The largest absolute Gasteiger partial charge is 0.436 e. The van der Waals surface area contributed by atoms with Crippen molar-refractivity contribution in [3.63, 3.8) is 0 Å². The summed E-state index contributed by atoms with van der Waals surface area (Å²) in [7, 11) is 0. The molecule has 0 bridgehead atoms. The van der Waals surface area contributed by atoms with Crippen molar-refractivity contribution in [1.82, 2.24) is 29.5 Å². The van der Waals surface area contributed by atoms with Crippen LogP contribution in [-0.2, 0) is 0 Å². The summed E-state index contributed by atoms with van der Waals surface area (Å²) in [5.74, 6) is 2.79. The van der Waals surface area contributed by atoms with Gasteiger partial charge in [-0.2, -0.15) is 0 Å². The molecule has 0 spiro atoms. The van der Waals surface area contributed by atoms with Crippen LogP contribution in [0.4, 0.5) is 0 Å². The average molecular weight is 737 g/mol. The maximum atomic E-state index is 6.47. The fourth-order valence-electron chi connectivity index (χ4n) is 7.84. The summed E-state index contributed by atoms with van der Waals surface area (Å²) in [5, 5.41) is 2.40. The van der Waals surface area contributed by atoms with Crippen molar-refractivity contribution in [1.29, 1.82) is 0 Å². The molecule has 0 amide bonds. The SMILES string of the molecule is C1=CC2=C[C@H]2C=C1c1nc(-c2ccccc2)nc(-c2ccc3nc(-c4cccc(-c5ccc6c(c5)c5ccccc5n6-c5ccc6scnc6c5)c4)oc3c2)n1. The first-order valence-electron chi connectivity index (χ1n) is 18.5. The van der Waals surface area contributed by atoms with Crippen molar-refractivity contribution in [2.24, 2.45) is 5.92 Å². The van der Waals surface area contributed by atoms with Gasteiger partial charge in [0, 0.05) is 44.6 Å². The molecule has 12 rings (SSSR count). The first kappa shape index (κ1) is 31.1. The van der Waals surface area contributed by atoms with Crippen LogP contribution in [0.1, 0.15) is 5.82 Å². The van der Waals surface area contributed by atoms with E-state index >= 15 is 0 Å². The molecule has 2 aliphatic rings. The van der Waals surface area contributed by atoms with E-state index in [1.54, 1.807) is 11.3 Å². The van der Waals surface area contributed by atoms with E-state index in [1.807, 2.05) is 60.1 Å². The number of allylic oxidation sites excluding steroid dienone is 6. The lowest BCUT2D eigenvalue weighted by molar-refractivity contribution is 0.620. The molecule has 262 valence electrons. The van der Waals surface area contributed by atoms with E-state index in [1.165, 1.54) is 21.0 Å². The van der Waals surface area contributed by atoms with E-state index in [0.717, 1.165) is 61.1 Å². The molecule has 7 nitrogen and oxygen atoms in total. The van der Waals surface area contributed by atoms with E-state index in [0.29, 0.717) is 34.9 Å². The second-order valence-electron chi connectivity index (χ2n) is 14.2. The third kappa shape index (κ3) is 5.15. The lowest BCUT2D eigenvalue weighted by atomic mass is 10.0. The van der Waals surface area contributed by atoms with Crippen molar-refractivity contribution >= 4 is 60.0 Å². The fourth-order valence-corrected chi connectivity index (χ4v) is 8.50. The van der Waals surface area contributed by atoms with Gasteiger partial charge in [0.05, 0.1) is 26.8 Å². The van der Waals surface area contributed by atoms with Crippen LogP contribution in [0.3, 0.4) is 0 Å². The van der Waals surface area contributed by atoms with Gasteiger partial charge in [-0.15, -0.1) is 11.3 Å². The highest BCUT2D eigenvalue weighted by Crippen LogP contribution is 2.40. The molecule has 10 aromatic rings. The number of nitrogens with zero attached hydrogens (tertiary/aromatic N) is 6. The Morgan fingerprint density at radius 1 is 0.536 bits per heavy atom. The topological polar surface area (TPSA) is 82.5 Å². The van der Waals surface area contributed by atoms with Crippen LogP contribution in [0.25, 0.3) is 99.7 Å². The second kappa shape index (κ2) is 12.1. The second-order valence-corrected chi connectivity index (χ2v) is 15.1. The molecule has 4 heterocycles. The number of hydrogen-bond acceptors (Lipinski definition) is 7. The number of rotatable bonds is 6. The predicted molar refractivity (Wildman–Crippen MR) is 225 cm³/mol. The molecular weight excluding hydrogens is 709 g/mol. The van der Waals surface area contributed by atoms with Crippen molar-refractivity contribution < 1.29 is 4.42 Å². The Bertz CT molecular complexity index is 3330. The summed E-state index contributed by atoms with van der Waals surface area (Å²) >= 11 is 1.66. The van der Waals surface area contributed by atoms with Crippen molar-refractivity contribution in [2.45, 2.75) is 0 Å². The van der Waals surface area contributed by atoms with Gasteiger partial charge in [-0.3, -0.25) is 0 Å². The standard InChI is InChI=1S/C48H28N6OS/c1-2-7-28(8-3-1)45-51-46(32-14-13-30-22-35(30)23-32)53-47(52-45)33-15-18-39-43(25-33)55-48(50-39)34-10-6-9-29(21-34)31-16-19-42-38(24-31)37-11-4-5-12-41(37)54(42)36-17-20-44-40(26-36)49-27-56-44/h1-27,35H/t35-/m0/s1. The lowest BCUT2D eigenvalue weighted by Gasteiger charge is -2.10. The van der Waals surface area contributed by atoms with Gasteiger partial charge in [-0.25, -0.2) is 24.9 Å². The molecule has 4 aromatic heterocycles.